The van der Waals surface area contributed by atoms with E-state index in [4.69, 9.17) is 0 Å². The van der Waals surface area contributed by atoms with Crippen LogP contribution in [0.3, 0.4) is 0 Å². The Bertz CT molecular complexity index is 606. The first-order chi connectivity index (χ1) is 10.2. The molecule has 0 amide bonds. The van der Waals surface area contributed by atoms with E-state index in [1.807, 2.05) is 6.07 Å². The lowest BCUT2D eigenvalue weighted by Gasteiger charge is -2.28. The number of hydrogen-bond donors (Lipinski definition) is 0. The second kappa shape index (κ2) is 6.15. The van der Waals surface area contributed by atoms with Gasteiger partial charge in [0, 0.05) is 16.2 Å². The van der Waals surface area contributed by atoms with Crippen molar-refractivity contribution >= 4 is 17.1 Å². The molecule has 2 heteroatoms. The molecular weight excluding hydrogens is 276 g/mol. The van der Waals surface area contributed by atoms with E-state index in [2.05, 4.69) is 43.3 Å². The zero-order valence-corrected chi connectivity index (χ0v) is 13.4. The number of aryl methyl sites for hydroxylation is 1. The molecule has 21 heavy (non-hydrogen) atoms. The molecule has 1 aliphatic carbocycles. The minimum Gasteiger partial charge on any atom is -0.298 e. The van der Waals surface area contributed by atoms with Crippen LogP contribution in [0.4, 0.5) is 0 Å². The average molecular weight is 298 g/mol. The number of Topliss-reactive ketones (excluding diaryl/α,β-unsaturated/α-hetero) is 1. The Morgan fingerprint density at radius 1 is 1.05 bits per heavy atom. The largest absolute Gasteiger partial charge is 0.298 e. The Hall–Kier alpha value is -1.41. The molecule has 1 fully saturated rings. The lowest BCUT2D eigenvalue weighted by Crippen LogP contribution is -2.34. The summed E-state index contributed by atoms with van der Waals surface area (Å²) in [5, 5.41) is 0. The molecule has 1 aromatic heterocycles. The van der Waals surface area contributed by atoms with Gasteiger partial charge in [0.05, 0.1) is 5.41 Å². The summed E-state index contributed by atoms with van der Waals surface area (Å²) in [5.74, 6) is 0.413. The van der Waals surface area contributed by atoms with Crippen LogP contribution < -0.4 is 0 Å². The van der Waals surface area contributed by atoms with Crippen molar-refractivity contribution < 1.29 is 4.79 Å². The van der Waals surface area contributed by atoms with Crippen molar-refractivity contribution in [2.75, 3.05) is 0 Å². The van der Waals surface area contributed by atoms with Crippen LogP contribution in [0.1, 0.15) is 47.9 Å². The topological polar surface area (TPSA) is 17.1 Å². The van der Waals surface area contributed by atoms with Crippen LogP contribution in [0.25, 0.3) is 0 Å². The normalized spacial score (nSPS) is 17.0. The highest BCUT2D eigenvalue weighted by atomic mass is 32.1. The van der Waals surface area contributed by atoms with Gasteiger partial charge in [-0.25, -0.2) is 0 Å². The van der Waals surface area contributed by atoms with Gasteiger partial charge in [0.2, 0.25) is 0 Å². The maximum Gasteiger partial charge on any atom is 0.148 e. The van der Waals surface area contributed by atoms with Crippen LogP contribution in [0, 0.1) is 0 Å². The maximum absolute atomic E-state index is 13.0. The van der Waals surface area contributed by atoms with E-state index in [0.29, 0.717) is 12.2 Å². The van der Waals surface area contributed by atoms with E-state index in [1.54, 1.807) is 11.3 Å². The molecule has 0 spiro atoms. The van der Waals surface area contributed by atoms with Gasteiger partial charge in [0.1, 0.15) is 5.78 Å². The Labute approximate surface area is 131 Å². The summed E-state index contributed by atoms with van der Waals surface area (Å²) in [7, 11) is 0. The SMILES string of the molecule is CCc1ccc(CC(=O)C2(c3ccccc3)CCCC2)s1. The fourth-order valence-electron chi connectivity index (χ4n) is 3.50. The molecule has 0 saturated heterocycles. The summed E-state index contributed by atoms with van der Waals surface area (Å²) in [6.07, 6.45) is 6.03. The van der Waals surface area contributed by atoms with Crippen LogP contribution in [-0.2, 0) is 23.1 Å². The molecule has 0 aliphatic heterocycles. The molecule has 1 heterocycles. The smallest absolute Gasteiger partial charge is 0.148 e. The van der Waals surface area contributed by atoms with Gasteiger partial charge in [-0.15, -0.1) is 11.3 Å². The van der Waals surface area contributed by atoms with E-state index in [9.17, 15) is 4.79 Å². The molecule has 1 saturated carbocycles. The summed E-state index contributed by atoms with van der Waals surface area (Å²) in [6.45, 7) is 2.17. The summed E-state index contributed by atoms with van der Waals surface area (Å²) in [5.41, 5.74) is 0.997. The molecule has 0 N–H and O–H groups in total. The van der Waals surface area contributed by atoms with Crippen molar-refractivity contribution in [3.05, 3.63) is 57.8 Å². The number of carbonyl (C=O) groups excluding carboxylic acids is 1. The minimum absolute atomic E-state index is 0.225. The molecule has 0 atom stereocenters. The molecule has 3 rings (SSSR count). The monoisotopic (exact) mass is 298 g/mol. The van der Waals surface area contributed by atoms with Gasteiger partial charge >= 0.3 is 0 Å². The van der Waals surface area contributed by atoms with Gasteiger partial charge in [0.15, 0.2) is 0 Å². The highest BCUT2D eigenvalue weighted by Crippen LogP contribution is 2.42. The lowest BCUT2D eigenvalue weighted by molar-refractivity contribution is -0.123. The van der Waals surface area contributed by atoms with Crippen molar-refractivity contribution in [3.63, 3.8) is 0 Å². The van der Waals surface area contributed by atoms with Crippen LogP contribution in [0.15, 0.2) is 42.5 Å². The third kappa shape index (κ3) is 2.82. The second-order valence-corrected chi connectivity index (χ2v) is 7.23. The fraction of sp³-hybridized carbons (Fsp3) is 0.421. The maximum atomic E-state index is 13.0. The Morgan fingerprint density at radius 2 is 1.71 bits per heavy atom. The number of carbonyl (C=O) groups is 1. The van der Waals surface area contributed by atoms with Crippen LogP contribution in [-0.4, -0.2) is 5.78 Å². The number of hydrogen-bond acceptors (Lipinski definition) is 2. The third-order valence-corrected chi connectivity index (χ3v) is 5.95. The van der Waals surface area contributed by atoms with Gasteiger partial charge in [-0.3, -0.25) is 4.79 Å². The predicted octanol–water partition coefficient (Wildman–Crippen LogP) is 4.93. The van der Waals surface area contributed by atoms with E-state index in [0.717, 1.165) is 19.3 Å². The van der Waals surface area contributed by atoms with E-state index >= 15 is 0 Å². The van der Waals surface area contributed by atoms with Crippen LogP contribution in [0.5, 0.6) is 0 Å². The van der Waals surface area contributed by atoms with Crippen molar-refractivity contribution in [1.82, 2.24) is 0 Å². The van der Waals surface area contributed by atoms with Gasteiger partial charge in [-0.2, -0.15) is 0 Å². The first kappa shape index (κ1) is 14.5. The standard InChI is InChI=1S/C19H22OS/c1-2-16-10-11-17(21-16)14-18(20)19(12-6-7-13-19)15-8-4-3-5-9-15/h3-5,8-11H,2,6-7,12-14H2,1H3. The first-order valence-electron chi connectivity index (χ1n) is 7.91. The van der Waals surface area contributed by atoms with Crippen molar-refractivity contribution in [2.45, 2.75) is 50.9 Å². The fourth-order valence-corrected chi connectivity index (χ4v) is 4.46. The number of thiophene rings is 1. The molecule has 1 aliphatic rings. The Kier molecular flexibility index (Phi) is 4.25. The quantitative estimate of drug-likeness (QED) is 0.764. The van der Waals surface area contributed by atoms with Crippen molar-refractivity contribution in [1.29, 1.82) is 0 Å². The summed E-state index contributed by atoms with van der Waals surface area (Å²) < 4.78 is 0. The van der Waals surface area contributed by atoms with Gasteiger partial charge < -0.3 is 0 Å². The number of ketones is 1. The van der Waals surface area contributed by atoms with Crippen LogP contribution in [0.2, 0.25) is 0 Å². The van der Waals surface area contributed by atoms with Gasteiger partial charge in [-0.05, 0) is 37.0 Å². The Balaban J connectivity index is 1.85. The number of rotatable bonds is 5. The van der Waals surface area contributed by atoms with E-state index < -0.39 is 0 Å². The first-order valence-corrected chi connectivity index (χ1v) is 8.73. The summed E-state index contributed by atoms with van der Waals surface area (Å²) in [4.78, 5) is 15.6. The zero-order valence-electron chi connectivity index (χ0n) is 12.6. The summed E-state index contributed by atoms with van der Waals surface area (Å²) in [6, 6.07) is 14.7. The molecule has 1 nitrogen and oxygen atoms in total. The molecule has 1 aromatic carbocycles. The summed E-state index contributed by atoms with van der Waals surface area (Å²) >= 11 is 1.79. The predicted molar refractivity (Wildman–Crippen MR) is 89.0 cm³/mol. The molecular formula is C19H22OS. The molecule has 0 unspecified atom stereocenters. The van der Waals surface area contributed by atoms with Gasteiger partial charge in [-0.1, -0.05) is 50.1 Å². The molecule has 0 radical (unpaired) electrons. The van der Waals surface area contributed by atoms with Gasteiger partial charge in [0.25, 0.3) is 0 Å². The molecule has 0 bridgehead atoms. The minimum atomic E-state index is -0.225. The number of benzene rings is 1. The van der Waals surface area contributed by atoms with Crippen molar-refractivity contribution in [2.24, 2.45) is 0 Å². The van der Waals surface area contributed by atoms with Crippen molar-refractivity contribution in [3.8, 4) is 0 Å². The second-order valence-electron chi connectivity index (χ2n) is 5.98. The lowest BCUT2D eigenvalue weighted by atomic mass is 9.74. The molecule has 110 valence electrons. The zero-order chi connectivity index (χ0) is 14.7. The van der Waals surface area contributed by atoms with Crippen LogP contribution >= 0.6 is 11.3 Å². The van der Waals surface area contributed by atoms with E-state index in [-0.39, 0.29) is 5.41 Å². The third-order valence-electron chi connectivity index (χ3n) is 4.72. The average Bonchev–Trinajstić information content (AvgIpc) is 3.18. The molecule has 2 aromatic rings. The highest BCUT2D eigenvalue weighted by molar-refractivity contribution is 7.12. The van der Waals surface area contributed by atoms with E-state index in [1.165, 1.54) is 28.2 Å². The Morgan fingerprint density at radius 3 is 2.33 bits per heavy atom. The highest BCUT2D eigenvalue weighted by Gasteiger charge is 2.41.